The van der Waals surface area contributed by atoms with E-state index in [-0.39, 0.29) is 18.6 Å². The smallest absolute Gasteiger partial charge is 0.306 e. The molecule has 0 fully saturated rings. The Morgan fingerprint density at radius 3 is 2.45 bits per heavy atom. The number of aryl methyl sites for hydroxylation is 1. The molecule has 3 rings (SSSR count). The molecule has 0 radical (unpaired) electrons. The van der Waals surface area contributed by atoms with Crippen LogP contribution >= 0.6 is 0 Å². The van der Waals surface area contributed by atoms with Crippen molar-refractivity contribution < 1.29 is 27.2 Å². The van der Waals surface area contributed by atoms with Crippen LogP contribution in [0, 0.1) is 0 Å². The first-order valence-electron chi connectivity index (χ1n) is 8.81. The lowest BCUT2D eigenvalue weighted by atomic mass is 10.1. The van der Waals surface area contributed by atoms with Crippen LogP contribution in [-0.2, 0) is 26.0 Å². The average molecular weight is 416 g/mol. The van der Waals surface area contributed by atoms with E-state index in [1.807, 2.05) is 18.2 Å². The fourth-order valence-corrected chi connectivity index (χ4v) is 3.09. The van der Waals surface area contributed by atoms with Gasteiger partial charge >= 0.3 is 5.97 Å². The molecule has 3 aromatic rings. The van der Waals surface area contributed by atoms with E-state index in [1.54, 1.807) is 6.07 Å². The number of esters is 1. The van der Waals surface area contributed by atoms with Crippen molar-refractivity contribution in [2.75, 3.05) is 24.2 Å². The highest BCUT2D eigenvalue weighted by atomic mass is 32.2. The number of ether oxygens (including phenoxy) is 1. The molecular formula is C20H20N2O6S. The van der Waals surface area contributed by atoms with Crippen LogP contribution in [0.15, 0.2) is 52.9 Å². The molecule has 0 unspecified atom stereocenters. The van der Waals surface area contributed by atoms with Crippen molar-refractivity contribution in [3.05, 3.63) is 60.0 Å². The van der Waals surface area contributed by atoms with Gasteiger partial charge in [0.1, 0.15) is 5.52 Å². The van der Waals surface area contributed by atoms with Crippen LogP contribution in [0.1, 0.15) is 22.7 Å². The maximum absolute atomic E-state index is 12.2. The molecule has 0 bridgehead atoms. The first-order chi connectivity index (χ1) is 13.7. The van der Waals surface area contributed by atoms with Crippen LogP contribution in [0.3, 0.4) is 0 Å². The first kappa shape index (κ1) is 20.5. The highest BCUT2D eigenvalue weighted by Crippen LogP contribution is 2.17. The number of fused-ring (bicyclic) bond motifs is 1. The second-order valence-corrected chi connectivity index (χ2v) is 8.45. The van der Waals surface area contributed by atoms with E-state index in [2.05, 4.69) is 4.98 Å². The fraction of sp³-hybridized carbons (Fsp3) is 0.250. The van der Waals surface area contributed by atoms with Gasteiger partial charge in [-0.25, -0.2) is 13.4 Å². The van der Waals surface area contributed by atoms with Gasteiger partial charge in [-0.2, -0.15) is 0 Å². The predicted molar refractivity (Wildman–Crippen MR) is 107 cm³/mol. The van der Waals surface area contributed by atoms with Crippen molar-refractivity contribution >= 4 is 38.6 Å². The lowest BCUT2D eigenvalue weighted by Gasteiger charge is -2.16. The number of sulfonamides is 1. The second-order valence-electron chi connectivity index (χ2n) is 6.44. The van der Waals surface area contributed by atoms with Crippen molar-refractivity contribution in [2.45, 2.75) is 12.8 Å². The van der Waals surface area contributed by atoms with E-state index in [0.29, 0.717) is 22.7 Å². The zero-order valence-electron chi connectivity index (χ0n) is 16.0. The second kappa shape index (κ2) is 8.44. The Bertz CT molecular complexity index is 1100. The minimum Gasteiger partial charge on any atom is -0.457 e. The van der Waals surface area contributed by atoms with Gasteiger partial charge in [-0.1, -0.05) is 12.1 Å². The molecule has 8 nitrogen and oxygen atoms in total. The summed E-state index contributed by atoms with van der Waals surface area (Å²) in [5.41, 5.74) is 2.12. The molecule has 0 aliphatic rings. The number of hydrogen-bond donors (Lipinski definition) is 0. The molecule has 0 aliphatic heterocycles. The van der Waals surface area contributed by atoms with E-state index in [0.717, 1.165) is 16.1 Å². The fourth-order valence-electron chi connectivity index (χ4n) is 2.59. The van der Waals surface area contributed by atoms with Gasteiger partial charge in [0.25, 0.3) is 0 Å². The summed E-state index contributed by atoms with van der Waals surface area (Å²) in [6.07, 6.45) is 1.40. The topological polar surface area (TPSA) is 107 Å². The summed E-state index contributed by atoms with van der Waals surface area (Å²) in [7, 11) is -1.96. The van der Waals surface area contributed by atoms with Gasteiger partial charge in [0.2, 0.25) is 10.0 Å². The van der Waals surface area contributed by atoms with Crippen molar-refractivity contribution in [3.8, 4) is 0 Å². The van der Waals surface area contributed by atoms with E-state index in [4.69, 9.17) is 9.15 Å². The van der Waals surface area contributed by atoms with Gasteiger partial charge in [0.05, 0.1) is 18.4 Å². The molecule has 1 aromatic heterocycles. The molecule has 2 aromatic carbocycles. The molecule has 1 heterocycles. The lowest BCUT2D eigenvalue weighted by molar-refractivity contribution is -0.142. The molecule has 0 atom stereocenters. The third-order valence-electron chi connectivity index (χ3n) is 4.30. The summed E-state index contributed by atoms with van der Waals surface area (Å²) in [5, 5.41) is 0. The van der Waals surface area contributed by atoms with Crippen molar-refractivity contribution in [1.29, 1.82) is 0 Å². The summed E-state index contributed by atoms with van der Waals surface area (Å²) < 4.78 is 34.7. The van der Waals surface area contributed by atoms with Crippen molar-refractivity contribution in [1.82, 2.24) is 4.98 Å². The van der Waals surface area contributed by atoms with Gasteiger partial charge in [-0.3, -0.25) is 13.9 Å². The average Bonchev–Trinajstić information content (AvgIpc) is 3.12. The molecule has 9 heteroatoms. The number of oxazole rings is 1. The molecule has 0 N–H and O–H groups in total. The largest absolute Gasteiger partial charge is 0.457 e. The third-order valence-corrected chi connectivity index (χ3v) is 5.50. The van der Waals surface area contributed by atoms with Gasteiger partial charge in [-0.15, -0.1) is 0 Å². The Morgan fingerprint density at radius 2 is 1.79 bits per heavy atom. The van der Waals surface area contributed by atoms with Crippen LogP contribution in [0.4, 0.5) is 5.69 Å². The minimum atomic E-state index is -3.38. The first-order valence-corrected chi connectivity index (χ1v) is 10.7. The van der Waals surface area contributed by atoms with Gasteiger partial charge in [0, 0.05) is 19.0 Å². The third kappa shape index (κ3) is 5.20. The number of ketones is 1. The number of aromatic nitrogens is 1. The summed E-state index contributed by atoms with van der Waals surface area (Å²) in [6.45, 7) is -0.395. The zero-order valence-corrected chi connectivity index (χ0v) is 16.8. The number of benzene rings is 2. The Kier molecular flexibility index (Phi) is 5.97. The van der Waals surface area contributed by atoms with Crippen LogP contribution in [0.2, 0.25) is 0 Å². The maximum atomic E-state index is 12.2. The number of carbonyl (C=O) groups is 2. The van der Waals surface area contributed by atoms with Crippen LogP contribution in [-0.4, -0.2) is 45.1 Å². The van der Waals surface area contributed by atoms with E-state index in [9.17, 15) is 18.0 Å². The van der Waals surface area contributed by atoms with E-state index in [1.165, 1.54) is 31.3 Å². The van der Waals surface area contributed by atoms with Crippen LogP contribution < -0.4 is 4.31 Å². The number of para-hydroxylation sites is 2. The standard InChI is InChI=1S/C20H20N2O6S/c1-22(29(2,25)26)15-9-7-14(8-10-15)17(23)13-27-20(24)12-11-19-21-16-5-3-4-6-18(16)28-19/h3-10H,11-13H2,1-2H3. The minimum absolute atomic E-state index is 0.0399. The number of carbonyl (C=O) groups excluding carboxylic acids is 2. The molecule has 0 amide bonds. The normalized spacial score (nSPS) is 11.4. The quantitative estimate of drug-likeness (QED) is 0.410. The monoisotopic (exact) mass is 416 g/mol. The highest BCUT2D eigenvalue weighted by Gasteiger charge is 2.15. The molecule has 29 heavy (non-hydrogen) atoms. The molecule has 152 valence electrons. The number of hydrogen-bond acceptors (Lipinski definition) is 7. The zero-order chi connectivity index (χ0) is 21.0. The number of nitrogens with zero attached hydrogens (tertiary/aromatic N) is 2. The summed E-state index contributed by atoms with van der Waals surface area (Å²) >= 11 is 0. The maximum Gasteiger partial charge on any atom is 0.306 e. The molecule has 0 saturated carbocycles. The number of Topliss-reactive ketones (excluding diaryl/α,β-unsaturated/α-hetero) is 1. The predicted octanol–water partition coefficient (Wildman–Crippen LogP) is 2.58. The summed E-state index contributed by atoms with van der Waals surface area (Å²) in [4.78, 5) is 28.4. The van der Waals surface area contributed by atoms with Crippen molar-refractivity contribution in [3.63, 3.8) is 0 Å². The Balaban J connectivity index is 1.50. The number of anilines is 1. The SMILES string of the molecule is CN(c1ccc(C(=O)COC(=O)CCc2nc3ccccc3o2)cc1)S(C)(=O)=O. The molecule has 0 spiro atoms. The molecular weight excluding hydrogens is 396 g/mol. The number of rotatable bonds is 8. The lowest BCUT2D eigenvalue weighted by Crippen LogP contribution is -2.24. The highest BCUT2D eigenvalue weighted by molar-refractivity contribution is 7.92. The Hall–Kier alpha value is -3.20. The van der Waals surface area contributed by atoms with Gasteiger partial charge < -0.3 is 9.15 Å². The van der Waals surface area contributed by atoms with E-state index >= 15 is 0 Å². The summed E-state index contributed by atoms with van der Waals surface area (Å²) in [5.74, 6) is -0.483. The summed E-state index contributed by atoms with van der Waals surface area (Å²) in [6, 6.07) is 13.3. The van der Waals surface area contributed by atoms with E-state index < -0.39 is 22.6 Å². The van der Waals surface area contributed by atoms with Crippen LogP contribution in [0.25, 0.3) is 11.1 Å². The molecule has 0 saturated heterocycles. The van der Waals surface area contributed by atoms with Crippen molar-refractivity contribution in [2.24, 2.45) is 0 Å². The molecule has 0 aliphatic carbocycles. The Morgan fingerprint density at radius 1 is 1.10 bits per heavy atom. The Labute approximate surface area is 168 Å². The van der Waals surface area contributed by atoms with Crippen LogP contribution in [0.5, 0.6) is 0 Å². The van der Waals surface area contributed by atoms with Gasteiger partial charge in [-0.05, 0) is 36.4 Å². The van der Waals surface area contributed by atoms with Gasteiger partial charge in [0.15, 0.2) is 23.9 Å².